The van der Waals surface area contributed by atoms with Crippen molar-refractivity contribution in [2.24, 2.45) is 0 Å². The smallest absolute Gasteiger partial charge is 0.319 e. The molecule has 0 bridgehead atoms. The van der Waals surface area contributed by atoms with Gasteiger partial charge in [-0.2, -0.15) is 0 Å². The van der Waals surface area contributed by atoms with Gasteiger partial charge >= 0.3 is 6.03 Å². The van der Waals surface area contributed by atoms with E-state index in [1.165, 1.54) is 0 Å². The van der Waals surface area contributed by atoms with Crippen LogP contribution in [0.15, 0.2) is 48.7 Å². The number of pyridine rings is 1. The Kier molecular flexibility index (Phi) is 5.15. The van der Waals surface area contributed by atoms with Gasteiger partial charge in [-0.1, -0.05) is 12.1 Å². The SMILES string of the molecule is CCOc1cccc(NC(=O)NC2CCN(c3ccccn3)C2)c1. The molecular formula is C18H22N4O2. The van der Waals surface area contributed by atoms with E-state index in [4.69, 9.17) is 4.74 Å². The Morgan fingerprint density at radius 1 is 1.33 bits per heavy atom. The molecule has 3 rings (SSSR count). The number of ether oxygens (including phenoxy) is 1. The van der Waals surface area contributed by atoms with E-state index in [2.05, 4.69) is 20.5 Å². The van der Waals surface area contributed by atoms with Gasteiger partial charge in [-0.15, -0.1) is 0 Å². The number of carbonyl (C=O) groups is 1. The zero-order valence-electron chi connectivity index (χ0n) is 13.7. The molecule has 1 aliphatic rings. The largest absolute Gasteiger partial charge is 0.494 e. The number of nitrogens with zero attached hydrogens (tertiary/aromatic N) is 2. The van der Waals surface area contributed by atoms with E-state index < -0.39 is 0 Å². The normalized spacial score (nSPS) is 16.7. The van der Waals surface area contributed by atoms with Gasteiger partial charge in [0.1, 0.15) is 11.6 Å². The van der Waals surface area contributed by atoms with E-state index in [0.29, 0.717) is 6.61 Å². The summed E-state index contributed by atoms with van der Waals surface area (Å²) >= 11 is 0. The van der Waals surface area contributed by atoms with E-state index >= 15 is 0 Å². The molecule has 0 spiro atoms. The van der Waals surface area contributed by atoms with Crippen molar-refractivity contribution in [3.05, 3.63) is 48.7 Å². The first-order chi connectivity index (χ1) is 11.7. The minimum atomic E-state index is -0.198. The summed E-state index contributed by atoms with van der Waals surface area (Å²) in [6, 6.07) is 13.2. The summed E-state index contributed by atoms with van der Waals surface area (Å²) in [5.74, 6) is 1.70. The minimum absolute atomic E-state index is 0.113. The Hall–Kier alpha value is -2.76. The van der Waals surface area contributed by atoms with Crippen LogP contribution in [-0.2, 0) is 0 Å². The molecule has 6 heteroatoms. The molecule has 1 atom stereocenters. The van der Waals surface area contributed by atoms with Gasteiger partial charge in [-0.3, -0.25) is 0 Å². The Bertz CT molecular complexity index is 678. The highest BCUT2D eigenvalue weighted by Gasteiger charge is 2.24. The molecule has 2 heterocycles. The van der Waals surface area contributed by atoms with E-state index in [-0.39, 0.29) is 12.1 Å². The minimum Gasteiger partial charge on any atom is -0.494 e. The lowest BCUT2D eigenvalue weighted by Crippen LogP contribution is -2.39. The predicted octanol–water partition coefficient (Wildman–Crippen LogP) is 2.88. The number of rotatable bonds is 5. The lowest BCUT2D eigenvalue weighted by molar-refractivity contribution is 0.249. The first kappa shape index (κ1) is 16.1. The molecule has 1 aromatic carbocycles. The van der Waals surface area contributed by atoms with Crippen LogP contribution in [0.25, 0.3) is 0 Å². The zero-order valence-corrected chi connectivity index (χ0v) is 13.7. The predicted molar refractivity (Wildman–Crippen MR) is 94.6 cm³/mol. The van der Waals surface area contributed by atoms with E-state index in [9.17, 15) is 4.79 Å². The summed E-state index contributed by atoms with van der Waals surface area (Å²) in [7, 11) is 0. The van der Waals surface area contributed by atoms with Crippen LogP contribution >= 0.6 is 0 Å². The van der Waals surface area contributed by atoms with E-state index in [0.717, 1.165) is 36.8 Å². The van der Waals surface area contributed by atoms with Crippen molar-refractivity contribution in [3.8, 4) is 5.75 Å². The molecule has 2 amide bonds. The van der Waals surface area contributed by atoms with Crippen molar-refractivity contribution in [2.45, 2.75) is 19.4 Å². The van der Waals surface area contributed by atoms with Gasteiger partial charge in [0.15, 0.2) is 0 Å². The number of hydrogen-bond donors (Lipinski definition) is 2. The molecule has 0 saturated carbocycles. The molecule has 1 aromatic heterocycles. The molecule has 24 heavy (non-hydrogen) atoms. The number of aromatic nitrogens is 1. The molecule has 1 aliphatic heterocycles. The first-order valence-electron chi connectivity index (χ1n) is 8.21. The third-order valence-electron chi connectivity index (χ3n) is 3.90. The lowest BCUT2D eigenvalue weighted by Gasteiger charge is -2.18. The van der Waals surface area contributed by atoms with Crippen LogP contribution in [0.5, 0.6) is 5.75 Å². The molecule has 2 aromatic rings. The average Bonchev–Trinajstić information content (AvgIpc) is 3.04. The summed E-state index contributed by atoms with van der Waals surface area (Å²) < 4.78 is 5.44. The second kappa shape index (κ2) is 7.68. The van der Waals surface area contributed by atoms with Gasteiger partial charge in [0.25, 0.3) is 0 Å². The number of carbonyl (C=O) groups excluding carboxylic acids is 1. The number of nitrogens with one attached hydrogen (secondary N) is 2. The molecular weight excluding hydrogens is 304 g/mol. The van der Waals surface area contributed by atoms with Crippen LogP contribution in [0.4, 0.5) is 16.3 Å². The maximum Gasteiger partial charge on any atom is 0.319 e. The van der Waals surface area contributed by atoms with Crippen molar-refractivity contribution in [3.63, 3.8) is 0 Å². The van der Waals surface area contributed by atoms with Crippen LogP contribution < -0.4 is 20.3 Å². The third kappa shape index (κ3) is 4.16. The highest BCUT2D eigenvalue weighted by molar-refractivity contribution is 5.89. The van der Waals surface area contributed by atoms with E-state index in [1.807, 2.05) is 49.4 Å². The average molecular weight is 326 g/mol. The van der Waals surface area contributed by atoms with Gasteiger partial charge in [0.2, 0.25) is 0 Å². The van der Waals surface area contributed by atoms with E-state index in [1.54, 1.807) is 6.20 Å². The number of urea groups is 1. The second-order valence-electron chi connectivity index (χ2n) is 5.68. The zero-order chi connectivity index (χ0) is 16.8. The molecule has 2 N–H and O–H groups in total. The summed E-state index contributed by atoms with van der Waals surface area (Å²) in [4.78, 5) is 18.7. The maximum atomic E-state index is 12.2. The summed E-state index contributed by atoms with van der Waals surface area (Å²) in [5, 5.41) is 5.88. The third-order valence-corrected chi connectivity index (χ3v) is 3.90. The van der Waals surface area contributed by atoms with Crippen LogP contribution in [0.2, 0.25) is 0 Å². The molecule has 0 aliphatic carbocycles. The van der Waals surface area contributed by atoms with Crippen molar-refractivity contribution in [2.75, 3.05) is 29.9 Å². The van der Waals surface area contributed by atoms with Crippen LogP contribution in [0, 0.1) is 0 Å². The molecule has 1 saturated heterocycles. The highest BCUT2D eigenvalue weighted by atomic mass is 16.5. The number of amides is 2. The van der Waals surface area contributed by atoms with Crippen molar-refractivity contribution in [1.82, 2.24) is 10.3 Å². The second-order valence-corrected chi connectivity index (χ2v) is 5.68. The van der Waals surface area contributed by atoms with Gasteiger partial charge < -0.3 is 20.3 Å². The molecule has 1 unspecified atom stereocenters. The van der Waals surface area contributed by atoms with Gasteiger partial charge in [0, 0.05) is 37.1 Å². The Morgan fingerprint density at radius 3 is 3.04 bits per heavy atom. The van der Waals surface area contributed by atoms with Crippen LogP contribution in [-0.4, -0.2) is 36.8 Å². The fourth-order valence-electron chi connectivity index (χ4n) is 2.81. The number of benzene rings is 1. The van der Waals surface area contributed by atoms with Crippen molar-refractivity contribution < 1.29 is 9.53 Å². The monoisotopic (exact) mass is 326 g/mol. The molecule has 126 valence electrons. The molecule has 1 fully saturated rings. The topological polar surface area (TPSA) is 66.5 Å². The van der Waals surface area contributed by atoms with Crippen molar-refractivity contribution >= 4 is 17.5 Å². The lowest BCUT2D eigenvalue weighted by atomic mass is 10.2. The Morgan fingerprint density at radius 2 is 2.25 bits per heavy atom. The summed E-state index contributed by atoms with van der Waals surface area (Å²) in [6.45, 7) is 4.19. The fourth-order valence-corrected chi connectivity index (χ4v) is 2.81. The summed E-state index contributed by atoms with van der Waals surface area (Å²) in [6.07, 6.45) is 2.69. The Balaban J connectivity index is 1.51. The van der Waals surface area contributed by atoms with Gasteiger partial charge in [-0.05, 0) is 37.6 Å². The quantitative estimate of drug-likeness (QED) is 0.887. The van der Waals surface area contributed by atoms with Gasteiger partial charge in [-0.25, -0.2) is 9.78 Å². The molecule has 6 nitrogen and oxygen atoms in total. The fraction of sp³-hybridized carbons (Fsp3) is 0.333. The van der Waals surface area contributed by atoms with Crippen LogP contribution in [0.1, 0.15) is 13.3 Å². The highest BCUT2D eigenvalue weighted by Crippen LogP contribution is 2.19. The molecule has 0 radical (unpaired) electrons. The van der Waals surface area contributed by atoms with Gasteiger partial charge in [0.05, 0.1) is 6.61 Å². The standard InChI is InChI=1S/C18H22N4O2/c1-2-24-16-7-5-6-14(12-16)20-18(23)21-15-9-11-22(13-15)17-8-3-4-10-19-17/h3-8,10,12,15H,2,9,11,13H2,1H3,(H2,20,21,23). The van der Waals surface area contributed by atoms with Crippen molar-refractivity contribution in [1.29, 1.82) is 0 Å². The summed E-state index contributed by atoms with van der Waals surface area (Å²) in [5.41, 5.74) is 0.720. The first-order valence-corrected chi connectivity index (χ1v) is 8.21. The maximum absolute atomic E-state index is 12.2. The van der Waals surface area contributed by atoms with Crippen LogP contribution in [0.3, 0.4) is 0 Å². The number of anilines is 2. The number of hydrogen-bond acceptors (Lipinski definition) is 4. The Labute approximate surface area is 141 Å².